The number of anilines is 2. The van der Waals surface area contributed by atoms with Gasteiger partial charge < -0.3 is 15.1 Å². The third-order valence-corrected chi connectivity index (χ3v) is 5.81. The molecule has 1 amide bonds. The standard InChI is InChI=1S/C23H20FN3O2S/c1-2-17-14-18(23(30-17)27-22(28)19-6-5-13-29-19)21(15-8-10-16(24)11-9-15)26-20-7-3-4-12-25-20/h3-14,21H,2H2,1H3,(H,25,26)(H,27,28)/t21-/m1/s1. The predicted molar refractivity (Wildman–Crippen MR) is 116 cm³/mol. The van der Waals surface area contributed by atoms with Crippen LogP contribution in [0.25, 0.3) is 0 Å². The van der Waals surface area contributed by atoms with E-state index in [1.807, 2.05) is 18.2 Å². The molecule has 152 valence electrons. The van der Waals surface area contributed by atoms with Crippen LogP contribution in [0.5, 0.6) is 0 Å². The van der Waals surface area contributed by atoms with Gasteiger partial charge >= 0.3 is 0 Å². The van der Waals surface area contributed by atoms with Crippen molar-refractivity contribution in [1.29, 1.82) is 0 Å². The molecule has 1 aromatic carbocycles. The third-order valence-electron chi connectivity index (χ3n) is 4.60. The van der Waals surface area contributed by atoms with E-state index in [4.69, 9.17) is 4.42 Å². The third kappa shape index (κ3) is 4.41. The van der Waals surface area contributed by atoms with Crippen LogP contribution in [-0.2, 0) is 6.42 Å². The van der Waals surface area contributed by atoms with Gasteiger partial charge in [0.2, 0.25) is 0 Å². The summed E-state index contributed by atoms with van der Waals surface area (Å²) < 4.78 is 18.8. The highest BCUT2D eigenvalue weighted by Gasteiger charge is 2.23. The number of thiophene rings is 1. The van der Waals surface area contributed by atoms with E-state index in [9.17, 15) is 9.18 Å². The lowest BCUT2D eigenvalue weighted by Gasteiger charge is -2.21. The summed E-state index contributed by atoms with van der Waals surface area (Å²) >= 11 is 1.51. The molecule has 0 saturated heterocycles. The number of carbonyl (C=O) groups is 1. The zero-order chi connectivity index (χ0) is 20.9. The van der Waals surface area contributed by atoms with Crippen LogP contribution in [0.3, 0.4) is 0 Å². The second-order valence-corrected chi connectivity index (χ2v) is 7.76. The number of nitrogens with one attached hydrogen (secondary N) is 2. The molecule has 0 fully saturated rings. The Hall–Kier alpha value is -3.45. The summed E-state index contributed by atoms with van der Waals surface area (Å²) in [5.41, 5.74) is 1.74. The van der Waals surface area contributed by atoms with Gasteiger partial charge in [-0.25, -0.2) is 9.37 Å². The van der Waals surface area contributed by atoms with Crippen molar-refractivity contribution in [2.45, 2.75) is 19.4 Å². The Balaban J connectivity index is 1.74. The highest BCUT2D eigenvalue weighted by atomic mass is 32.1. The van der Waals surface area contributed by atoms with E-state index in [-0.39, 0.29) is 23.5 Å². The highest BCUT2D eigenvalue weighted by molar-refractivity contribution is 7.16. The molecule has 7 heteroatoms. The van der Waals surface area contributed by atoms with Gasteiger partial charge in [-0.3, -0.25) is 4.79 Å². The van der Waals surface area contributed by atoms with Crippen molar-refractivity contribution in [3.05, 3.63) is 101 Å². The lowest BCUT2D eigenvalue weighted by molar-refractivity contribution is 0.0997. The van der Waals surface area contributed by atoms with Crippen LogP contribution in [0, 0.1) is 5.82 Å². The summed E-state index contributed by atoms with van der Waals surface area (Å²) in [4.78, 5) is 18.1. The smallest absolute Gasteiger partial charge is 0.291 e. The lowest BCUT2D eigenvalue weighted by Crippen LogP contribution is -2.16. The van der Waals surface area contributed by atoms with Crippen molar-refractivity contribution in [3.8, 4) is 0 Å². The van der Waals surface area contributed by atoms with E-state index < -0.39 is 0 Å². The van der Waals surface area contributed by atoms with Gasteiger partial charge in [-0.2, -0.15) is 0 Å². The molecular weight excluding hydrogens is 401 g/mol. The Kier molecular flexibility index (Phi) is 5.90. The number of rotatable bonds is 7. The quantitative estimate of drug-likeness (QED) is 0.390. The molecule has 0 aliphatic carbocycles. The SMILES string of the molecule is CCc1cc([C@H](Nc2ccccn2)c2ccc(F)cc2)c(NC(=O)c2ccco2)s1. The fourth-order valence-corrected chi connectivity index (χ4v) is 4.14. The number of aromatic nitrogens is 1. The van der Waals surface area contributed by atoms with E-state index in [2.05, 4.69) is 28.6 Å². The van der Waals surface area contributed by atoms with Crippen molar-refractivity contribution in [2.75, 3.05) is 10.6 Å². The average Bonchev–Trinajstić information content (AvgIpc) is 3.44. The molecule has 0 saturated carbocycles. The van der Waals surface area contributed by atoms with Crippen molar-refractivity contribution in [3.63, 3.8) is 0 Å². The first-order valence-electron chi connectivity index (χ1n) is 9.54. The first-order chi connectivity index (χ1) is 14.6. The van der Waals surface area contributed by atoms with Crippen LogP contribution < -0.4 is 10.6 Å². The molecule has 4 aromatic rings. The van der Waals surface area contributed by atoms with Crippen LogP contribution in [0.4, 0.5) is 15.2 Å². The second-order valence-electron chi connectivity index (χ2n) is 6.63. The first kappa shape index (κ1) is 19.8. The van der Waals surface area contributed by atoms with Crippen molar-refractivity contribution in [2.24, 2.45) is 0 Å². The number of carbonyl (C=O) groups excluding carboxylic acids is 1. The van der Waals surface area contributed by atoms with E-state index >= 15 is 0 Å². The van der Waals surface area contributed by atoms with Crippen LogP contribution in [0.2, 0.25) is 0 Å². The topological polar surface area (TPSA) is 67.2 Å². The Bertz CT molecular complexity index is 1110. The maximum Gasteiger partial charge on any atom is 0.291 e. The second kappa shape index (κ2) is 8.92. The number of halogens is 1. The minimum absolute atomic E-state index is 0.239. The van der Waals surface area contributed by atoms with Crippen LogP contribution in [0.15, 0.2) is 77.5 Å². The fourth-order valence-electron chi connectivity index (χ4n) is 3.11. The fraction of sp³-hybridized carbons (Fsp3) is 0.130. The van der Waals surface area contributed by atoms with E-state index in [1.54, 1.807) is 30.5 Å². The van der Waals surface area contributed by atoms with Crippen LogP contribution in [0.1, 0.15) is 39.5 Å². The summed E-state index contributed by atoms with van der Waals surface area (Å²) in [6, 6.07) is 16.9. The summed E-state index contributed by atoms with van der Waals surface area (Å²) in [6.07, 6.45) is 3.99. The number of hydrogen-bond acceptors (Lipinski definition) is 5. The first-order valence-corrected chi connectivity index (χ1v) is 10.4. The zero-order valence-corrected chi connectivity index (χ0v) is 17.1. The minimum Gasteiger partial charge on any atom is -0.459 e. The maximum absolute atomic E-state index is 13.5. The molecule has 0 aliphatic rings. The molecule has 4 rings (SSSR count). The summed E-state index contributed by atoms with van der Waals surface area (Å²) in [5, 5.41) is 7.10. The Morgan fingerprint density at radius 3 is 2.67 bits per heavy atom. The van der Waals surface area contributed by atoms with Crippen LogP contribution >= 0.6 is 11.3 Å². The number of hydrogen-bond donors (Lipinski definition) is 2. The summed E-state index contributed by atoms with van der Waals surface area (Å²) in [5.74, 6) is 0.297. The normalized spacial score (nSPS) is 11.8. The van der Waals surface area contributed by atoms with Crippen molar-refractivity contribution in [1.82, 2.24) is 4.98 Å². The average molecular weight is 421 g/mol. The number of furan rings is 1. The van der Waals surface area contributed by atoms with Gasteiger partial charge in [-0.15, -0.1) is 11.3 Å². The van der Waals surface area contributed by atoms with Gasteiger partial charge in [-0.05, 0) is 54.4 Å². The van der Waals surface area contributed by atoms with Crippen molar-refractivity contribution >= 4 is 28.1 Å². The molecule has 30 heavy (non-hydrogen) atoms. The summed E-state index contributed by atoms with van der Waals surface area (Å²) in [6.45, 7) is 2.06. The maximum atomic E-state index is 13.5. The molecule has 0 spiro atoms. The molecule has 3 aromatic heterocycles. The van der Waals surface area contributed by atoms with Gasteiger partial charge in [0.25, 0.3) is 5.91 Å². The van der Waals surface area contributed by atoms with Crippen LogP contribution in [-0.4, -0.2) is 10.9 Å². The highest BCUT2D eigenvalue weighted by Crippen LogP contribution is 2.38. The van der Waals surface area contributed by atoms with Gasteiger partial charge in [0.15, 0.2) is 5.76 Å². The molecular formula is C23H20FN3O2S. The molecule has 3 heterocycles. The Morgan fingerprint density at radius 2 is 2.00 bits per heavy atom. The number of benzene rings is 1. The van der Waals surface area contributed by atoms with Gasteiger partial charge in [0.05, 0.1) is 12.3 Å². The molecule has 0 radical (unpaired) electrons. The monoisotopic (exact) mass is 421 g/mol. The predicted octanol–water partition coefficient (Wildman–Crippen LogP) is 5.89. The number of aryl methyl sites for hydroxylation is 1. The Morgan fingerprint density at radius 1 is 1.17 bits per heavy atom. The van der Waals surface area contributed by atoms with Gasteiger partial charge in [0, 0.05) is 16.6 Å². The molecule has 0 aliphatic heterocycles. The number of nitrogens with zero attached hydrogens (tertiary/aromatic N) is 1. The number of amides is 1. The van der Waals surface area contributed by atoms with Crippen molar-refractivity contribution < 1.29 is 13.6 Å². The van der Waals surface area contributed by atoms with E-state index in [0.29, 0.717) is 10.8 Å². The summed E-state index contributed by atoms with van der Waals surface area (Å²) in [7, 11) is 0. The van der Waals surface area contributed by atoms with E-state index in [1.165, 1.54) is 29.7 Å². The molecule has 0 bridgehead atoms. The lowest BCUT2D eigenvalue weighted by atomic mass is 9.99. The molecule has 0 unspecified atom stereocenters. The molecule has 2 N–H and O–H groups in total. The number of pyridine rings is 1. The largest absolute Gasteiger partial charge is 0.459 e. The minimum atomic E-state index is -0.330. The molecule has 1 atom stereocenters. The van der Waals surface area contributed by atoms with E-state index in [0.717, 1.165) is 22.4 Å². The van der Waals surface area contributed by atoms with Gasteiger partial charge in [-0.1, -0.05) is 25.1 Å². The van der Waals surface area contributed by atoms with Gasteiger partial charge in [0.1, 0.15) is 16.6 Å². The Labute approximate surface area is 177 Å². The zero-order valence-electron chi connectivity index (χ0n) is 16.3. The molecule has 5 nitrogen and oxygen atoms in total.